The SMILES string of the molecule is CN(C(=O)c1cc(C(C=Nc2c(Cl)cc(C(F)(C(F)(F)F)C(F)(F)F)cc2Cl)=CN)cnc1Cl)C1CC1. The fourth-order valence-corrected chi connectivity index (χ4v) is 4.07. The molecule has 3 rings (SSSR count). The second kappa shape index (κ2) is 10.3. The van der Waals surface area contributed by atoms with Gasteiger partial charge in [0, 0.05) is 48.4 Å². The molecule has 1 amide bonds. The molecule has 0 spiro atoms. The predicted molar refractivity (Wildman–Crippen MR) is 126 cm³/mol. The lowest BCUT2D eigenvalue weighted by Crippen LogP contribution is -2.50. The van der Waals surface area contributed by atoms with Crippen molar-refractivity contribution in [2.24, 2.45) is 10.7 Å². The molecule has 0 unspecified atom stereocenters. The maximum absolute atomic E-state index is 14.4. The van der Waals surface area contributed by atoms with Gasteiger partial charge >= 0.3 is 18.0 Å². The maximum atomic E-state index is 14.4. The van der Waals surface area contributed by atoms with E-state index in [-0.39, 0.29) is 45.9 Å². The van der Waals surface area contributed by atoms with E-state index in [0.29, 0.717) is 0 Å². The quantitative estimate of drug-likeness (QED) is 0.218. The molecule has 1 aromatic heterocycles. The van der Waals surface area contributed by atoms with E-state index in [2.05, 4.69) is 9.98 Å². The Bertz CT molecular complexity index is 1240. The largest absolute Gasteiger partial charge is 0.435 e. The van der Waals surface area contributed by atoms with Crippen LogP contribution in [0.2, 0.25) is 15.2 Å². The first-order valence-corrected chi connectivity index (χ1v) is 11.4. The maximum Gasteiger partial charge on any atom is 0.435 e. The normalized spacial score (nSPS) is 15.4. The molecular formula is C22H16Cl3F7N4O. The number of nitrogens with two attached hydrogens (primary N) is 1. The van der Waals surface area contributed by atoms with Gasteiger partial charge in [0.05, 0.1) is 15.6 Å². The Morgan fingerprint density at radius 3 is 2.05 bits per heavy atom. The van der Waals surface area contributed by atoms with Gasteiger partial charge in [0.15, 0.2) is 0 Å². The second-order valence-corrected chi connectivity index (χ2v) is 9.20. The lowest BCUT2D eigenvalue weighted by molar-refractivity contribution is -0.348. The van der Waals surface area contributed by atoms with Gasteiger partial charge in [-0.15, -0.1) is 0 Å². The van der Waals surface area contributed by atoms with Crippen molar-refractivity contribution < 1.29 is 35.5 Å². The smallest absolute Gasteiger partial charge is 0.404 e. The third kappa shape index (κ3) is 5.65. The number of allylic oxidation sites excluding steroid dienone is 1. The summed E-state index contributed by atoms with van der Waals surface area (Å²) in [6.45, 7) is 0. The summed E-state index contributed by atoms with van der Waals surface area (Å²) in [7, 11) is 1.61. The monoisotopic (exact) mass is 590 g/mol. The number of carbonyl (C=O) groups excluding carboxylic acids is 1. The first-order valence-electron chi connectivity index (χ1n) is 10.2. The second-order valence-electron chi connectivity index (χ2n) is 8.03. The molecule has 1 aliphatic rings. The molecule has 1 aliphatic carbocycles. The molecule has 2 aromatic rings. The number of carbonyl (C=O) groups is 1. The van der Waals surface area contributed by atoms with Crippen LogP contribution in [0.5, 0.6) is 0 Å². The summed E-state index contributed by atoms with van der Waals surface area (Å²) in [6.07, 6.45) is -7.65. The van der Waals surface area contributed by atoms with Crippen LogP contribution in [-0.2, 0) is 5.67 Å². The summed E-state index contributed by atoms with van der Waals surface area (Å²) in [6, 6.07) is 1.75. The van der Waals surface area contributed by atoms with Crippen LogP contribution in [0.1, 0.15) is 34.3 Å². The average molecular weight is 592 g/mol. The number of benzene rings is 1. The van der Waals surface area contributed by atoms with Crippen LogP contribution in [0.15, 0.2) is 35.6 Å². The van der Waals surface area contributed by atoms with E-state index in [1.807, 2.05) is 0 Å². The van der Waals surface area contributed by atoms with Gasteiger partial charge in [-0.3, -0.25) is 9.79 Å². The predicted octanol–water partition coefficient (Wildman–Crippen LogP) is 7.27. The molecule has 15 heteroatoms. The molecule has 37 heavy (non-hydrogen) atoms. The van der Waals surface area contributed by atoms with E-state index in [0.717, 1.165) is 25.3 Å². The number of amides is 1. The molecule has 5 nitrogen and oxygen atoms in total. The van der Waals surface area contributed by atoms with Crippen molar-refractivity contribution in [2.75, 3.05) is 7.05 Å². The van der Waals surface area contributed by atoms with Gasteiger partial charge in [0.2, 0.25) is 0 Å². The first kappa shape index (κ1) is 29.0. The van der Waals surface area contributed by atoms with Gasteiger partial charge < -0.3 is 10.6 Å². The van der Waals surface area contributed by atoms with Crippen LogP contribution < -0.4 is 5.73 Å². The molecule has 0 aliphatic heterocycles. The van der Waals surface area contributed by atoms with Crippen molar-refractivity contribution in [2.45, 2.75) is 36.9 Å². The van der Waals surface area contributed by atoms with Crippen LogP contribution in [-0.4, -0.2) is 47.4 Å². The molecule has 0 radical (unpaired) electrons. The van der Waals surface area contributed by atoms with Crippen LogP contribution in [0.3, 0.4) is 0 Å². The topological polar surface area (TPSA) is 71.6 Å². The van der Waals surface area contributed by atoms with E-state index < -0.39 is 39.3 Å². The van der Waals surface area contributed by atoms with Crippen molar-refractivity contribution in [3.8, 4) is 0 Å². The summed E-state index contributed by atoms with van der Waals surface area (Å²) in [5, 5.41) is -1.65. The molecule has 1 aromatic carbocycles. The highest BCUT2D eigenvalue weighted by molar-refractivity contribution is 6.39. The number of alkyl halides is 7. The molecule has 0 atom stereocenters. The number of pyridine rings is 1. The highest BCUT2D eigenvalue weighted by atomic mass is 35.5. The molecule has 200 valence electrons. The Morgan fingerprint density at radius 1 is 1.05 bits per heavy atom. The summed E-state index contributed by atoms with van der Waals surface area (Å²) in [5.74, 6) is -0.388. The van der Waals surface area contributed by atoms with E-state index >= 15 is 0 Å². The number of aromatic nitrogens is 1. The third-order valence-electron chi connectivity index (χ3n) is 5.53. The van der Waals surface area contributed by atoms with Gasteiger partial charge in [-0.1, -0.05) is 34.8 Å². The molecule has 0 saturated heterocycles. The van der Waals surface area contributed by atoms with Gasteiger partial charge in [-0.25, -0.2) is 9.37 Å². The summed E-state index contributed by atoms with van der Waals surface area (Å²) >= 11 is 17.8. The molecular weight excluding hydrogens is 576 g/mol. The summed E-state index contributed by atoms with van der Waals surface area (Å²) in [5.41, 5.74) is -1.96. The number of aliphatic imine (C=N–C) groups is 1. The average Bonchev–Trinajstić information content (AvgIpc) is 3.64. The van der Waals surface area contributed by atoms with Gasteiger partial charge in [-0.2, -0.15) is 26.3 Å². The Balaban J connectivity index is 1.97. The summed E-state index contributed by atoms with van der Waals surface area (Å²) in [4.78, 5) is 22.1. The Labute approximate surface area is 220 Å². The minimum atomic E-state index is -6.34. The van der Waals surface area contributed by atoms with Crippen LogP contribution >= 0.6 is 34.8 Å². The molecule has 0 bridgehead atoms. The zero-order chi connectivity index (χ0) is 27.9. The molecule has 1 saturated carbocycles. The van der Waals surface area contributed by atoms with Crippen LogP contribution in [0.25, 0.3) is 5.57 Å². The number of hydrogen-bond acceptors (Lipinski definition) is 4. The van der Waals surface area contributed by atoms with Crippen molar-refractivity contribution >= 4 is 58.2 Å². The van der Waals surface area contributed by atoms with Crippen LogP contribution in [0, 0.1) is 0 Å². The van der Waals surface area contributed by atoms with Crippen molar-refractivity contribution in [1.29, 1.82) is 0 Å². The lowest BCUT2D eigenvalue weighted by atomic mass is 9.94. The lowest BCUT2D eigenvalue weighted by Gasteiger charge is -2.30. The minimum absolute atomic E-state index is 0.0692. The van der Waals surface area contributed by atoms with E-state index in [4.69, 9.17) is 40.5 Å². The first-order chi connectivity index (χ1) is 17.0. The van der Waals surface area contributed by atoms with E-state index in [1.54, 1.807) is 7.05 Å². The molecule has 2 N–H and O–H groups in total. The highest BCUT2D eigenvalue weighted by Crippen LogP contribution is 2.54. The number of nitrogens with zero attached hydrogens (tertiary/aromatic N) is 3. The van der Waals surface area contributed by atoms with E-state index in [9.17, 15) is 35.5 Å². The summed E-state index contributed by atoms with van der Waals surface area (Å²) < 4.78 is 92.9. The van der Waals surface area contributed by atoms with Gasteiger partial charge in [0.1, 0.15) is 10.8 Å². The van der Waals surface area contributed by atoms with Gasteiger partial charge in [-0.05, 0) is 31.0 Å². The highest BCUT2D eigenvalue weighted by Gasteiger charge is 2.73. The number of rotatable bonds is 6. The number of hydrogen-bond donors (Lipinski definition) is 1. The van der Waals surface area contributed by atoms with E-state index in [1.165, 1.54) is 17.2 Å². The fourth-order valence-electron chi connectivity index (χ4n) is 3.30. The zero-order valence-electron chi connectivity index (χ0n) is 18.6. The fraction of sp³-hybridized carbons (Fsp3) is 0.318. The Kier molecular flexibility index (Phi) is 8.07. The van der Waals surface area contributed by atoms with Crippen molar-refractivity contribution in [3.63, 3.8) is 0 Å². The van der Waals surface area contributed by atoms with Crippen LogP contribution in [0.4, 0.5) is 36.4 Å². The molecule has 1 heterocycles. The molecule has 1 fully saturated rings. The Morgan fingerprint density at radius 2 is 1.59 bits per heavy atom. The van der Waals surface area contributed by atoms with Crippen molar-refractivity contribution in [1.82, 2.24) is 9.88 Å². The number of halogens is 10. The van der Waals surface area contributed by atoms with Crippen molar-refractivity contribution in [3.05, 3.63) is 62.5 Å². The van der Waals surface area contributed by atoms with Gasteiger partial charge in [0.25, 0.3) is 5.91 Å². The third-order valence-corrected chi connectivity index (χ3v) is 6.40. The Hall–Kier alpha value is -2.57. The minimum Gasteiger partial charge on any atom is -0.404 e. The zero-order valence-corrected chi connectivity index (χ0v) is 20.8. The standard InChI is InChI=1S/C22H16Cl3F7N4O/c1-36(13-2-3-13)19(37)14-4-10(8-35-18(14)25)11(7-33)9-34-17-15(23)5-12(6-16(17)24)20(26,21(27,28)29)22(30,31)32/h4-9,13H,2-3,33H2,1H3.